The Hall–Kier alpha value is -4.57. The smallest absolute Gasteiger partial charge is 0.317 e. The van der Waals surface area contributed by atoms with Crippen molar-refractivity contribution in [2.45, 2.75) is 25.4 Å². The standard InChI is InChI=1S/C31H31N7O3/c39-26-18-22-10-4-5-11-24(22)27(21-8-2-1-3-9-21)33-29(26)34-31-36-35-30(41-31)28-25(38-14-16-40-17-15-38)19-23(20-32-28)37-12-6-7-13-37/h1-5,8-11,19-20,29H,6-7,12-18H2,(H,34,36)/t29-/m1/s1. The Morgan fingerprint density at radius 2 is 1.66 bits per heavy atom. The number of nitrogens with one attached hydrogen (secondary N) is 1. The molecule has 3 aliphatic heterocycles. The molecule has 5 heterocycles. The summed E-state index contributed by atoms with van der Waals surface area (Å²) in [5, 5.41) is 11.7. The molecule has 0 spiro atoms. The first-order valence-corrected chi connectivity index (χ1v) is 14.2. The lowest BCUT2D eigenvalue weighted by atomic mass is 9.96. The van der Waals surface area contributed by atoms with E-state index in [0.717, 1.165) is 60.0 Å². The van der Waals surface area contributed by atoms with E-state index in [1.807, 2.05) is 60.8 Å². The van der Waals surface area contributed by atoms with Gasteiger partial charge in [-0.3, -0.25) is 9.79 Å². The van der Waals surface area contributed by atoms with E-state index in [1.165, 1.54) is 12.8 Å². The van der Waals surface area contributed by atoms with Crippen LogP contribution in [0.15, 0.2) is 76.3 Å². The molecule has 7 rings (SSSR count). The van der Waals surface area contributed by atoms with E-state index in [-0.39, 0.29) is 18.2 Å². The molecule has 2 fully saturated rings. The number of hydrogen-bond donors (Lipinski definition) is 1. The minimum absolute atomic E-state index is 0.0785. The van der Waals surface area contributed by atoms with Gasteiger partial charge in [-0.15, -0.1) is 5.10 Å². The first-order chi connectivity index (χ1) is 20.2. The van der Waals surface area contributed by atoms with Gasteiger partial charge in [0.2, 0.25) is 0 Å². The maximum Gasteiger partial charge on any atom is 0.317 e. The van der Waals surface area contributed by atoms with Crippen molar-refractivity contribution in [3.63, 3.8) is 0 Å². The van der Waals surface area contributed by atoms with Gasteiger partial charge in [0, 0.05) is 43.7 Å². The van der Waals surface area contributed by atoms with Gasteiger partial charge in [-0.25, -0.2) is 4.98 Å². The van der Waals surface area contributed by atoms with Crippen molar-refractivity contribution in [3.05, 3.63) is 83.6 Å². The van der Waals surface area contributed by atoms with Gasteiger partial charge >= 0.3 is 6.01 Å². The highest BCUT2D eigenvalue weighted by molar-refractivity contribution is 6.16. The predicted molar refractivity (Wildman–Crippen MR) is 157 cm³/mol. The van der Waals surface area contributed by atoms with Gasteiger partial charge in [0.15, 0.2) is 17.6 Å². The van der Waals surface area contributed by atoms with Crippen LogP contribution in [0.25, 0.3) is 11.6 Å². The van der Waals surface area contributed by atoms with Crippen LogP contribution in [0, 0.1) is 0 Å². The van der Waals surface area contributed by atoms with E-state index >= 15 is 0 Å². The van der Waals surface area contributed by atoms with Crippen molar-refractivity contribution in [3.8, 4) is 11.6 Å². The summed E-state index contributed by atoms with van der Waals surface area (Å²) in [5.41, 5.74) is 6.22. The van der Waals surface area contributed by atoms with E-state index < -0.39 is 6.17 Å². The molecule has 0 radical (unpaired) electrons. The van der Waals surface area contributed by atoms with Gasteiger partial charge in [0.1, 0.15) is 0 Å². The molecule has 10 heteroatoms. The van der Waals surface area contributed by atoms with Gasteiger partial charge in [0.05, 0.1) is 36.5 Å². The lowest BCUT2D eigenvalue weighted by molar-refractivity contribution is -0.119. The fourth-order valence-corrected chi connectivity index (χ4v) is 5.69. The number of hydrogen-bond acceptors (Lipinski definition) is 10. The third-order valence-corrected chi connectivity index (χ3v) is 7.81. The number of morpholine rings is 1. The molecule has 0 aliphatic carbocycles. The van der Waals surface area contributed by atoms with E-state index in [9.17, 15) is 4.79 Å². The lowest BCUT2D eigenvalue weighted by Crippen LogP contribution is -2.36. The van der Waals surface area contributed by atoms with Gasteiger partial charge in [-0.05, 0) is 24.5 Å². The summed E-state index contributed by atoms with van der Waals surface area (Å²) in [5.74, 6) is 0.212. The van der Waals surface area contributed by atoms with Crippen LogP contribution < -0.4 is 15.1 Å². The zero-order valence-corrected chi connectivity index (χ0v) is 22.7. The van der Waals surface area contributed by atoms with Crippen molar-refractivity contribution in [1.82, 2.24) is 15.2 Å². The summed E-state index contributed by atoms with van der Waals surface area (Å²) in [6.07, 6.45) is 3.62. The number of ether oxygens (including phenoxy) is 1. The maximum absolute atomic E-state index is 13.4. The SMILES string of the molecule is O=C1Cc2ccccc2C(c2ccccc2)=N[C@@H]1Nc1nnc(-c2ncc(N3CCCC3)cc2N2CCOCC2)o1. The average molecular weight is 550 g/mol. The number of ketones is 1. The number of rotatable bonds is 6. The highest BCUT2D eigenvalue weighted by atomic mass is 16.5. The van der Waals surface area contributed by atoms with Crippen LogP contribution in [0.4, 0.5) is 17.4 Å². The van der Waals surface area contributed by atoms with Gasteiger partial charge in [0.25, 0.3) is 5.89 Å². The lowest BCUT2D eigenvalue weighted by Gasteiger charge is -2.30. The Balaban J connectivity index is 1.21. The molecule has 0 bridgehead atoms. The largest absolute Gasteiger partial charge is 0.402 e. The number of pyridine rings is 1. The molecule has 3 aliphatic rings. The minimum atomic E-state index is -0.880. The molecule has 41 heavy (non-hydrogen) atoms. The van der Waals surface area contributed by atoms with E-state index in [2.05, 4.69) is 31.4 Å². The summed E-state index contributed by atoms with van der Waals surface area (Å²) in [6.45, 7) is 4.87. The van der Waals surface area contributed by atoms with Crippen LogP contribution in [-0.4, -0.2) is 72.2 Å². The van der Waals surface area contributed by atoms with Crippen molar-refractivity contribution < 1.29 is 13.9 Å². The minimum Gasteiger partial charge on any atom is -0.402 e. The van der Waals surface area contributed by atoms with E-state index in [1.54, 1.807) is 0 Å². The second-order valence-corrected chi connectivity index (χ2v) is 10.5. The number of nitrogens with zero attached hydrogens (tertiary/aromatic N) is 6. The average Bonchev–Trinajstić information content (AvgIpc) is 3.71. The number of fused-ring (bicyclic) bond motifs is 1. The third-order valence-electron chi connectivity index (χ3n) is 7.81. The molecule has 1 N–H and O–H groups in total. The molecule has 0 amide bonds. The Bertz CT molecular complexity index is 1570. The molecular formula is C31H31N7O3. The Labute approximate surface area is 238 Å². The van der Waals surface area contributed by atoms with Crippen molar-refractivity contribution in [2.75, 3.05) is 54.5 Å². The number of aromatic nitrogens is 3. The highest BCUT2D eigenvalue weighted by Crippen LogP contribution is 2.34. The van der Waals surface area contributed by atoms with Crippen LogP contribution in [0.1, 0.15) is 29.5 Å². The summed E-state index contributed by atoms with van der Waals surface area (Å²) in [4.78, 5) is 27.7. The number of aliphatic imine (C=N–C) groups is 1. The van der Waals surface area contributed by atoms with Crippen LogP contribution in [0.2, 0.25) is 0 Å². The molecular weight excluding hydrogens is 518 g/mol. The van der Waals surface area contributed by atoms with Crippen LogP contribution >= 0.6 is 0 Å². The first kappa shape index (κ1) is 25.4. The van der Waals surface area contributed by atoms with Crippen molar-refractivity contribution in [1.29, 1.82) is 0 Å². The molecule has 2 aromatic carbocycles. The summed E-state index contributed by atoms with van der Waals surface area (Å²) >= 11 is 0. The zero-order valence-electron chi connectivity index (χ0n) is 22.7. The van der Waals surface area contributed by atoms with Crippen molar-refractivity contribution >= 4 is 28.9 Å². The fraction of sp³-hybridized carbons (Fsp3) is 0.323. The molecule has 2 aromatic heterocycles. The Kier molecular flexibility index (Phi) is 6.90. The number of carbonyl (C=O) groups is 1. The first-order valence-electron chi connectivity index (χ1n) is 14.2. The number of carbonyl (C=O) groups excluding carboxylic acids is 1. The molecule has 10 nitrogen and oxygen atoms in total. The fourth-order valence-electron chi connectivity index (χ4n) is 5.69. The second kappa shape index (κ2) is 11.1. The van der Waals surface area contributed by atoms with E-state index in [4.69, 9.17) is 19.1 Å². The molecule has 2 saturated heterocycles. The van der Waals surface area contributed by atoms with E-state index in [0.29, 0.717) is 24.8 Å². The van der Waals surface area contributed by atoms with Gasteiger partial charge in [-0.1, -0.05) is 59.7 Å². The summed E-state index contributed by atoms with van der Waals surface area (Å²) in [7, 11) is 0. The normalized spacial score (nSPS) is 19.1. The van der Waals surface area contributed by atoms with Crippen LogP contribution in [0.3, 0.4) is 0 Å². The summed E-state index contributed by atoms with van der Waals surface area (Å²) < 4.78 is 11.7. The van der Waals surface area contributed by atoms with Crippen LogP contribution in [-0.2, 0) is 16.0 Å². The summed E-state index contributed by atoms with van der Waals surface area (Å²) in [6, 6.07) is 20.1. The molecule has 0 saturated carbocycles. The van der Waals surface area contributed by atoms with Crippen LogP contribution in [0.5, 0.6) is 0 Å². The third kappa shape index (κ3) is 5.18. The topological polar surface area (TPSA) is 109 Å². The number of benzene rings is 2. The Morgan fingerprint density at radius 1 is 0.878 bits per heavy atom. The Morgan fingerprint density at radius 3 is 2.49 bits per heavy atom. The molecule has 4 aromatic rings. The van der Waals surface area contributed by atoms with Gasteiger partial charge < -0.3 is 24.3 Å². The quantitative estimate of drug-likeness (QED) is 0.382. The van der Waals surface area contributed by atoms with Crippen molar-refractivity contribution in [2.24, 2.45) is 4.99 Å². The molecule has 1 atom stereocenters. The maximum atomic E-state index is 13.4. The van der Waals surface area contributed by atoms with Gasteiger partial charge in [-0.2, -0.15) is 0 Å². The molecule has 0 unspecified atom stereocenters. The predicted octanol–water partition coefficient (Wildman–Crippen LogP) is 3.97. The highest BCUT2D eigenvalue weighted by Gasteiger charge is 2.28. The number of Topliss-reactive ketones (excluding diaryl/α,β-unsaturated/α-hetero) is 1. The monoisotopic (exact) mass is 549 g/mol. The number of anilines is 3. The zero-order chi connectivity index (χ0) is 27.6. The molecule has 208 valence electrons. The second-order valence-electron chi connectivity index (χ2n) is 10.5.